The van der Waals surface area contributed by atoms with Gasteiger partial charge in [-0.1, -0.05) is 0 Å². The number of carbonyl (C=O) groups excluding carboxylic acids is 1. The summed E-state index contributed by atoms with van der Waals surface area (Å²) in [5.74, 6) is -0.440. The number of hydrogen-bond acceptors (Lipinski definition) is 2. The van der Waals surface area contributed by atoms with Gasteiger partial charge in [-0.05, 0) is 66.5 Å². The predicted molar refractivity (Wildman–Crippen MR) is 79.2 cm³/mol. The summed E-state index contributed by atoms with van der Waals surface area (Å²) in [4.78, 5) is 16.8. The Bertz CT molecular complexity index is 517. The molecule has 0 N–H and O–H groups in total. The van der Waals surface area contributed by atoms with Crippen LogP contribution in [0.25, 0.3) is 0 Å². The molecule has 1 aromatic carbocycles. The van der Waals surface area contributed by atoms with E-state index in [-0.39, 0.29) is 11.7 Å². The van der Waals surface area contributed by atoms with Crippen molar-refractivity contribution in [2.24, 2.45) is 0 Å². The van der Waals surface area contributed by atoms with Crippen LogP contribution < -0.4 is 0 Å². The van der Waals surface area contributed by atoms with Crippen LogP contribution in [0.4, 0.5) is 4.39 Å². The SMILES string of the molecule is O=C(c1cc(F)ccc1Br)N1CCC(N2CCCC2)C1. The van der Waals surface area contributed by atoms with Crippen LogP contribution in [-0.4, -0.2) is 47.9 Å². The van der Waals surface area contributed by atoms with Crippen LogP contribution in [0.1, 0.15) is 29.6 Å². The second-order valence-electron chi connectivity index (χ2n) is 5.56. The van der Waals surface area contributed by atoms with Crippen molar-refractivity contribution in [3.8, 4) is 0 Å². The Labute approximate surface area is 126 Å². The summed E-state index contributed by atoms with van der Waals surface area (Å²) in [6.07, 6.45) is 3.55. The van der Waals surface area contributed by atoms with Crippen molar-refractivity contribution in [2.75, 3.05) is 26.2 Å². The molecule has 1 amide bonds. The van der Waals surface area contributed by atoms with Crippen LogP contribution in [0.3, 0.4) is 0 Å². The lowest BCUT2D eigenvalue weighted by molar-refractivity contribution is 0.0778. The number of nitrogens with zero attached hydrogens (tertiary/aromatic N) is 2. The molecule has 1 atom stereocenters. The van der Waals surface area contributed by atoms with Gasteiger partial charge in [0.25, 0.3) is 5.91 Å². The largest absolute Gasteiger partial charge is 0.337 e. The third-order valence-corrected chi connectivity index (χ3v) is 4.96. The van der Waals surface area contributed by atoms with Crippen LogP contribution in [-0.2, 0) is 0 Å². The summed E-state index contributed by atoms with van der Waals surface area (Å²) in [7, 11) is 0. The van der Waals surface area contributed by atoms with Crippen molar-refractivity contribution in [1.29, 1.82) is 0 Å². The Kier molecular flexibility index (Phi) is 4.08. The zero-order valence-electron chi connectivity index (χ0n) is 11.3. The van der Waals surface area contributed by atoms with E-state index in [1.165, 1.54) is 25.0 Å². The normalized spacial score (nSPS) is 23.5. The van der Waals surface area contributed by atoms with Gasteiger partial charge in [0.1, 0.15) is 5.82 Å². The summed E-state index contributed by atoms with van der Waals surface area (Å²) in [6.45, 7) is 3.83. The average molecular weight is 341 g/mol. The summed E-state index contributed by atoms with van der Waals surface area (Å²) in [6, 6.07) is 4.75. The summed E-state index contributed by atoms with van der Waals surface area (Å²) < 4.78 is 14.0. The fourth-order valence-corrected chi connectivity index (χ4v) is 3.58. The first kappa shape index (κ1) is 14.0. The van der Waals surface area contributed by atoms with Crippen molar-refractivity contribution in [1.82, 2.24) is 9.80 Å². The van der Waals surface area contributed by atoms with Crippen molar-refractivity contribution >= 4 is 21.8 Å². The second-order valence-corrected chi connectivity index (χ2v) is 6.42. The van der Waals surface area contributed by atoms with E-state index >= 15 is 0 Å². The first-order chi connectivity index (χ1) is 9.65. The zero-order chi connectivity index (χ0) is 14.1. The number of rotatable bonds is 2. The summed E-state index contributed by atoms with van der Waals surface area (Å²) >= 11 is 3.33. The van der Waals surface area contributed by atoms with Gasteiger partial charge < -0.3 is 4.90 Å². The highest BCUT2D eigenvalue weighted by Crippen LogP contribution is 2.25. The van der Waals surface area contributed by atoms with Gasteiger partial charge in [-0.15, -0.1) is 0 Å². The molecular formula is C15H18BrFN2O. The van der Waals surface area contributed by atoms with E-state index < -0.39 is 0 Å². The van der Waals surface area contributed by atoms with Crippen molar-refractivity contribution in [3.05, 3.63) is 34.1 Å². The smallest absolute Gasteiger partial charge is 0.255 e. The third kappa shape index (κ3) is 2.74. The average Bonchev–Trinajstić information content (AvgIpc) is 3.10. The van der Waals surface area contributed by atoms with Gasteiger partial charge in [-0.2, -0.15) is 0 Å². The molecule has 3 rings (SSSR count). The van der Waals surface area contributed by atoms with Gasteiger partial charge in [-0.25, -0.2) is 4.39 Å². The van der Waals surface area contributed by atoms with Crippen molar-refractivity contribution < 1.29 is 9.18 Å². The van der Waals surface area contributed by atoms with E-state index in [4.69, 9.17) is 0 Å². The molecule has 20 heavy (non-hydrogen) atoms. The standard InChI is InChI=1S/C15H18BrFN2O/c16-14-4-3-11(17)9-13(14)15(20)19-8-5-12(10-19)18-6-1-2-7-18/h3-4,9,12H,1-2,5-8,10H2. The highest BCUT2D eigenvalue weighted by molar-refractivity contribution is 9.10. The number of halogens is 2. The second kappa shape index (κ2) is 5.82. The molecule has 2 fully saturated rings. The number of carbonyl (C=O) groups is 1. The first-order valence-electron chi connectivity index (χ1n) is 7.13. The fourth-order valence-electron chi connectivity index (χ4n) is 3.16. The Hall–Kier alpha value is -0.940. The Balaban J connectivity index is 1.70. The molecule has 0 radical (unpaired) electrons. The molecule has 0 spiro atoms. The molecule has 2 saturated heterocycles. The summed E-state index contributed by atoms with van der Waals surface area (Å²) in [5.41, 5.74) is 0.423. The van der Waals surface area contributed by atoms with Crippen LogP contribution >= 0.6 is 15.9 Å². The topological polar surface area (TPSA) is 23.6 Å². The van der Waals surface area contributed by atoms with Gasteiger partial charge in [0.2, 0.25) is 0 Å². The van der Waals surface area contributed by atoms with Crippen LogP contribution in [0.15, 0.2) is 22.7 Å². The van der Waals surface area contributed by atoms with E-state index in [1.807, 2.05) is 4.90 Å². The Morgan fingerprint density at radius 1 is 1.25 bits per heavy atom. The van der Waals surface area contributed by atoms with E-state index in [9.17, 15) is 9.18 Å². The molecular weight excluding hydrogens is 323 g/mol. The van der Waals surface area contributed by atoms with Crippen LogP contribution in [0.5, 0.6) is 0 Å². The molecule has 3 nitrogen and oxygen atoms in total. The van der Waals surface area contributed by atoms with Gasteiger partial charge in [-0.3, -0.25) is 9.69 Å². The molecule has 2 heterocycles. The molecule has 0 aliphatic carbocycles. The van der Waals surface area contributed by atoms with E-state index in [2.05, 4.69) is 20.8 Å². The minimum Gasteiger partial charge on any atom is -0.337 e. The number of likely N-dealkylation sites (tertiary alicyclic amines) is 2. The van der Waals surface area contributed by atoms with Gasteiger partial charge in [0, 0.05) is 23.6 Å². The number of amides is 1. The fraction of sp³-hybridized carbons (Fsp3) is 0.533. The zero-order valence-corrected chi connectivity index (χ0v) is 12.9. The highest BCUT2D eigenvalue weighted by Gasteiger charge is 2.32. The molecule has 1 aromatic rings. The van der Waals surface area contributed by atoms with Crippen molar-refractivity contribution in [2.45, 2.75) is 25.3 Å². The van der Waals surface area contributed by atoms with Gasteiger partial charge in [0.05, 0.1) is 5.56 Å². The number of hydrogen-bond donors (Lipinski definition) is 0. The van der Waals surface area contributed by atoms with Gasteiger partial charge in [0.15, 0.2) is 0 Å². The molecule has 5 heteroatoms. The van der Waals surface area contributed by atoms with Crippen LogP contribution in [0, 0.1) is 5.82 Å². The lowest BCUT2D eigenvalue weighted by Crippen LogP contribution is -2.37. The minimum absolute atomic E-state index is 0.0712. The molecule has 2 aliphatic heterocycles. The first-order valence-corrected chi connectivity index (χ1v) is 7.93. The molecule has 1 unspecified atom stereocenters. The molecule has 2 aliphatic rings. The maximum absolute atomic E-state index is 13.3. The molecule has 108 valence electrons. The number of benzene rings is 1. The molecule has 0 bridgehead atoms. The highest BCUT2D eigenvalue weighted by atomic mass is 79.9. The summed E-state index contributed by atoms with van der Waals surface area (Å²) in [5, 5.41) is 0. The maximum Gasteiger partial charge on any atom is 0.255 e. The van der Waals surface area contributed by atoms with Gasteiger partial charge >= 0.3 is 0 Å². The van der Waals surface area contributed by atoms with E-state index in [1.54, 1.807) is 6.07 Å². The quantitative estimate of drug-likeness (QED) is 0.826. The monoisotopic (exact) mass is 340 g/mol. The predicted octanol–water partition coefficient (Wildman–Crippen LogP) is 2.90. The Morgan fingerprint density at radius 3 is 2.75 bits per heavy atom. The molecule has 0 saturated carbocycles. The maximum atomic E-state index is 13.3. The Morgan fingerprint density at radius 2 is 2.00 bits per heavy atom. The third-order valence-electron chi connectivity index (χ3n) is 4.27. The lowest BCUT2D eigenvalue weighted by Gasteiger charge is -2.23. The van der Waals surface area contributed by atoms with Crippen LogP contribution in [0.2, 0.25) is 0 Å². The van der Waals surface area contributed by atoms with E-state index in [0.29, 0.717) is 16.1 Å². The van der Waals surface area contributed by atoms with E-state index in [0.717, 1.165) is 32.6 Å². The van der Waals surface area contributed by atoms with Crippen molar-refractivity contribution in [3.63, 3.8) is 0 Å². The molecule has 0 aromatic heterocycles. The lowest BCUT2D eigenvalue weighted by atomic mass is 10.2. The minimum atomic E-state index is -0.369.